The fourth-order valence-electron chi connectivity index (χ4n) is 2.14. The molecule has 0 bridgehead atoms. The van der Waals surface area contributed by atoms with E-state index in [1.807, 2.05) is 54.6 Å². The van der Waals surface area contributed by atoms with Gasteiger partial charge in [-0.1, -0.05) is 36.4 Å². The molecule has 2 aromatic carbocycles. The van der Waals surface area contributed by atoms with E-state index < -0.39 is 0 Å². The SMILES string of the molecule is O=C(Cc1ccc(Br)cn1)c1ccc2ccccc2c1. The zero-order valence-electron chi connectivity index (χ0n) is 10.7. The maximum absolute atomic E-state index is 12.3. The summed E-state index contributed by atoms with van der Waals surface area (Å²) in [7, 11) is 0. The van der Waals surface area contributed by atoms with Gasteiger partial charge in [0.1, 0.15) is 0 Å². The molecule has 0 fully saturated rings. The van der Waals surface area contributed by atoms with Crippen molar-refractivity contribution in [2.24, 2.45) is 0 Å². The summed E-state index contributed by atoms with van der Waals surface area (Å²) >= 11 is 3.34. The molecule has 0 aliphatic rings. The quantitative estimate of drug-likeness (QED) is 0.667. The van der Waals surface area contributed by atoms with E-state index in [9.17, 15) is 4.79 Å². The second kappa shape index (κ2) is 5.55. The number of carbonyl (C=O) groups is 1. The van der Waals surface area contributed by atoms with Crippen LogP contribution in [0.1, 0.15) is 16.1 Å². The van der Waals surface area contributed by atoms with Crippen LogP contribution >= 0.6 is 15.9 Å². The number of pyridine rings is 1. The first kappa shape index (κ1) is 13.0. The van der Waals surface area contributed by atoms with Gasteiger partial charge < -0.3 is 0 Å². The Morgan fingerprint density at radius 1 is 1.00 bits per heavy atom. The van der Waals surface area contributed by atoms with Gasteiger partial charge in [0.2, 0.25) is 0 Å². The number of hydrogen-bond acceptors (Lipinski definition) is 2. The highest BCUT2D eigenvalue weighted by atomic mass is 79.9. The van der Waals surface area contributed by atoms with Crippen LogP contribution in [0.15, 0.2) is 65.3 Å². The van der Waals surface area contributed by atoms with Gasteiger partial charge in [-0.15, -0.1) is 0 Å². The number of Topliss-reactive ketones (excluding diaryl/α,β-unsaturated/α-hetero) is 1. The molecule has 98 valence electrons. The molecule has 3 aromatic rings. The predicted molar refractivity (Wildman–Crippen MR) is 83.9 cm³/mol. The van der Waals surface area contributed by atoms with Gasteiger partial charge in [-0.2, -0.15) is 0 Å². The van der Waals surface area contributed by atoms with Crippen LogP contribution < -0.4 is 0 Å². The molecule has 0 aliphatic carbocycles. The molecule has 3 heteroatoms. The number of hydrogen-bond donors (Lipinski definition) is 0. The molecule has 20 heavy (non-hydrogen) atoms. The summed E-state index contributed by atoms with van der Waals surface area (Å²) in [5.74, 6) is 0.0885. The van der Waals surface area contributed by atoms with Crippen molar-refractivity contribution in [3.63, 3.8) is 0 Å². The molecular weight excluding hydrogens is 314 g/mol. The zero-order valence-corrected chi connectivity index (χ0v) is 12.3. The van der Waals surface area contributed by atoms with Crippen molar-refractivity contribution < 1.29 is 4.79 Å². The van der Waals surface area contributed by atoms with Crippen molar-refractivity contribution in [2.45, 2.75) is 6.42 Å². The first-order valence-electron chi connectivity index (χ1n) is 6.35. The van der Waals surface area contributed by atoms with Crippen LogP contribution in [0.4, 0.5) is 0 Å². The number of aromatic nitrogens is 1. The summed E-state index contributed by atoms with van der Waals surface area (Å²) in [5.41, 5.74) is 1.51. The van der Waals surface area contributed by atoms with Crippen LogP contribution in [0.5, 0.6) is 0 Å². The van der Waals surface area contributed by atoms with Gasteiger partial charge in [-0.25, -0.2) is 0 Å². The maximum Gasteiger partial charge on any atom is 0.168 e. The fourth-order valence-corrected chi connectivity index (χ4v) is 2.37. The van der Waals surface area contributed by atoms with Crippen molar-refractivity contribution in [3.8, 4) is 0 Å². The average Bonchev–Trinajstić information content (AvgIpc) is 2.49. The van der Waals surface area contributed by atoms with Crippen molar-refractivity contribution in [2.75, 3.05) is 0 Å². The second-order valence-electron chi connectivity index (χ2n) is 4.63. The number of fused-ring (bicyclic) bond motifs is 1. The molecule has 3 rings (SSSR count). The topological polar surface area (TPSA) is 30.0 Å². The second-order valence-corrected chi connectivity index (χ2v) is 5.55. The molecule has 0 atom stereocenters. The third kappa shape index (κ3) is 2.78. The fraction of sp³-hybridized carbons (Fsp3) is 0.0588. The lowest BCUT2D eigenvalue weighted by Gasteiger charge is -2.03. The Bertz CT molecular complexity index is 765. The van der Waals surface area contributed by atoms with Crippen LogP contribution in [0, 0.1) is 0 Å². The zero-order chi connectivity index (χ0) is 13.9. The van der Waals surface area contributed by atoms with Crippen LogP contribution in [0.25, 0.3) is 10.8 Å². The molecular formula is C17H12BrNO. The van der Waals surface area contributed by atoms with E-state index in [2.05, 4.69) is 20.9 Å². The van der Waals surface area contributed by atoms with Gasteiger partial charge in [-0.3, -0.25) is 9.78 Å². The lowest BCUT2D eigenvalue weighted by atomic mass is 10.0. The Balaban J connectivity index is 1.86. The summed E-state index contributed by atoms with van der Waals surface area (Å²) in [6.45, 7) is 0. The maximum atomic E-state index is 12.3. The highest BCUT2D eigenvalue weighted by Crippen LogP contribution is 2.17. The molecule has 0 spiro atoms. The lowest BCUT2D eigenvalue weighted by molar-refractivity contribution is 0.0992. The van der Waals surface area contributed by atoms with Gasteiger partial charge in [0.15, 0.2) is 5.78 Å². The predicted octanol–water partition coefficient (Wildman–Crippen LogP) is 4.42. The van der Waals surface area contributed by atoms with E-state index in [1.165, 1.54) is 0 Å². The van der Waals surface area contributed by atoms with Gasteiger partial charge in [-0.05, 0) is 44.9 Å². The third-order valence-electron chi connectivity index (χ3n) is 3.20. The largest absolute Gasteiger partial charge is 0.294 e. The minimum absolute atomic E-state index is 0.0885. The molecule has 0 amide bonds. The number of ketones is 1. The molecule has 0 radical (unpaired) electrons. The monoisotopic (exact) mass is 325 g/mol. The summed E-state index contributed by atoms with van der Waals surface area (Å²) in [6, 6.07) is 17.6. The van der Waals surface area contributed by atoms with E-state index in [0.29, 0.717) is 6.42 Å². The Labute approximate surface area is 125 Å². The molecule has 0 unspecified atom stereocenters. The minimum Gasteiger partial charge on any atom is -0.294 e. The standard InChI is InChI=1S/C17H12BrNO/c18-15-7-8-16(19-11-15)10-17(20)14-6-5-12-3-1-2-4-13(12)9-14/h1-9,11H,10H2. The van der Waals surface area contributed by atoms with Crippen LogP contribution in [0.2, 0.25) is 0 Å². The van der Waals surface area contributed by atoms with E-state index in [-0.39, 0.29) is 5.78 Å². The van der Waals surface area contributed by atoms with Gasteiger partial charge >= 0.3 is 0 Å². The lowest BCUT2D eigenvalue weighted by Crippen LogP contribution is -2.04. The summed E-state index contributed by atoms with van der Waals surface area (Å²) in [6.07, 6.45) is 2.04. The molecule has 0 saturated heterocycles. The Morgan fingerprint density at radius 2 is 1.80 bits per heavy atom. The Kier molecular flexibility index (Phi) is 3.61. The molecule has 1 heterocycles. The summed E-state index contributed by atoms with van der Waals surface area (Å²) in [4.78, 5) is 16.5. The van der Waals surface area contributed by atoms with Crippen molar-refractivity contribution in [3.05, 3.63) is 76.5 Å². The van der Waals surface area contributed by atoms with E-state index in [4.69, 9.17) is 0 Å². The highest BCUT2D eigenvalue weighted by molar-refractivity contribution is 9.10. The van der Waals surface area contributed by atoms with Crippen LogP contribution in [-0.4, -0.2) is 10.8 Å². The van der Waals surface area contributed by atoms with Crippen LogP contribution in [-0.2, 0) is 6.42 Å². The number of carbonyl (C=O) groups excluding carboxylic acids is 1. The third-order valence-corrected chi connectivity index (χ3v) is 3.67. The van der Waals surface area contributed by atoms with E-state index in [1.54, 1.807) is 6.20 Å². The first-order valence-corrected chi connectivity index (χ1v) is 7.14. The van der Waals surface area contributed by atoms with Crippen LogP contribution in [0.3, 0.4) is 0 Å². The summed E-state index contributed by atoms with van der Waals surface area (Å²) in [5, 5.41) is 2.23. The summed E-state index contributed by atoms with van der Waals surface area (Å²) < 4.78 is 0.916. The molecule has 2 nitrogen and oxygen atoms in total. The normalized spacial score (nSPS) is 10.7. The van der Waals surface area contributed by atoms with Crippen molar-refractivity contribution in [1.82, 2.24) is 4.98 Å². The molecule has 0 aliphatic heterocycles. The average molecular weight is 326 g/mol. The minimum atomic E-state index is 0.0885. The van der Waals surface area contributed by atoms with Crippen molar-refractivity contribution in [1.29, 1.82) is 0 Å². The number of halogens is 1. The Hall–Kier alpha value is -2.00. The number of rotatable bonds is 3. The first-order chi connectivity index (χ1) is 9.72. The Morgan fingerprint density at radius 3 is 2.55 bits per heavy atom. The molecule has 1 aromatic heterocycles. The number of nitrogens with zero attached hydrogens (tertiary/aromatic N) is 1. The van der Waals surface area contributed by atoms with Gasteiger partial charge in [0.25, 0.3) is 0 Å². The molecule has 0 N–H and O–H groups in total. The number of benzene rings is 2. The van der Waals surface area contributed by atoms with Gasteiger partial charge in [0, 0.05) is 21.9 Å². The highest BCUT2D eigenvalue weighted by Gasteiger charge is 2.08. The van der Waals surface area contributed by atoms with E-state index in [0.717, 1.165) is 26.5 Å². The smallest absolute Gasteiger partial charge is 0.168 e. The molecule has 0 saturated carbocycles. The van der Waals surface area contributed by atoms with Gasteiger partial charge in [0.05, 0.1) is 6.42 Å². The van der Waals surface area contributed by atoms with E-state index >= 15 is 0 Å². The van der Waals surface area contributed by atoms with Crippen molar-refractivity contribution >= 4 is 32.5 Å².